The van der Waals surface area contributed by atoms with Crippen molar-refractivity contribution < 1.29 is 19.1 Å². The highest BCUT2D eigenvalue weighted by Gasteiger charge is 2.46. The van der Waals surface area contributed by atoms with E-state index in [1.165, 1.54) is 4.90 Å². The minimum Gasteiger partial charge on any atom is -0.484 e. The Balaban J connectivity index is 1.55. The van der Waals surface area contributed by atoms with Crippen LogP contribution < -0.4 is 9.64 Å². The Bertz CT molecular complexity index is 894. The molecule has 6 nitrogen and oxygen atoms in total. The molecule has 1 saturated carbocycles. The van der Waals surface area contributed by atoms with Gasteiger partial charge in [0.15, 0.2) is 6.61 Å². The zero-order valence-electron chi connectivity index (χ0n) is 16.9. The number of carbonyl (C=O) groups excluding carboxylic acids is 3. The van der Waals surface area contributed by atoms with E-state index in [1.54, 1.807) is 41.3 Å². The second-order valence-electron chi connectivity index (χ2n) is 7.82. The molecule has 1 unspecified atom stereocenters. The van der Waals surface area contributed by atoms with Crippen LogP contribution in [-0.2, 0) is 14.4 Å². The maximum absolute atomic E-state index is 13.2. The number of hydrogen-bond donors (Lipinski definition) is 0. The van der Waals surface area contributed by atoms with Crippen molar-refractivity contribution in [1.82, 2.24) is 4.90 Å². The van der Waals surface area contributed by atoms with Crippen molar-refractivity contribution in [3.05, 3.63) is 60.7 Å². The Hall–Kier alpha value is -3.15. The van der Waals surface area contributed by atoms with Gasteiger partial charge in [-0.1, -0.05) is 55.7 Å². The largest absolute Gasteiger partial charge is 0.484 e. The maximum atomic E-state index is 13.2. The smallest absolute Gasteiger partial charge is 0.261 e. The van der Waals surface area contributed by atoms with Gasteiger partial charge in [-0.2, -0.15) is 0 Å². The average Bonchev–Trinajstić information content (AvgIpc) is 3.08. The lowest BCUT2D eigenvalue weighted by molar-refractivity contribution is -0.143. The first-order valence-electron chi connectivity index (χ1n) is 10.6. The van der Waals surface area contributed by atoms with Gasteiger partial charge in [0.05, 0.1) is 12.1 Å². The molecule has 1 aliphatic heterocycles. The molecule has 2 aromatic carbocycles. The molecule has 0 bridgehead atoms. The summed E-state index contributed by atoms with van der Waals surface area (Å²) in [6.45, 7) is -0.149. The number of ether oxygens (including phenoxy) is 1. The Morgan fingerprint density at radius 1 is 0.933 bits per heavy atom. The molecule has 2 fully saturated rings. The predicted octanol–water partition coefficient (Wildman–Crippen LogP) is 3.56. The normalized spacial score (nSPS) is 19.7. The monoisotopic (exact) mass is 406 g/mol. The van der Waals surface area contributed by atoms with E-state index in [1.807, 2.05) is 24.3 Å². The molecule has 0 N–H and O–H groups in total. The fraction of sp³-hybridized carbons (Fsp3) is 0.375. The summed E-state index contributed by atoms with van der Waals surface area (Å²) in [5.74, 6) is -0.236. The van der Waals surface area contributed by atoms with Gasteiger partial charge in [-0.3, -0.25) is 14.4 Å². The molecular weight excluding hydrogens is 380 g/mol. The first kappa shape index (κ1) is 20.1. The van der Waals surface area contributed by atoms with Crippen LogP contribution in [0.4, 0.5) is 5.69 Å². The predicted molar refractivity (Wildman–Crippen MR) is 113 cm³/mol. The molecule has 0 spiro atoms. The van der Waals surface area contributed by atoms with Crippen LogP contribution in [0.5, 0.6) is 5.75 Å². The van der Waals surface area contributed by atoms with Gasteiger partial charge in [-0.15, -0.1) is 0 Å². The fourth-order valence-electron chi connectivity index (χ4n) is 4.41. The third-order valence-corrected chi connectivity index (χ3v) is 5.83. The highest BCUT2D eigenvalue weighted by atomic mass is 16.5. The molecular formula is C24H26N2O4. The summed E-state index contributed by atoms with van der Waals surface area (Å²) < 4.78 is 5.67. The number of carbonyl (C=O) groups is 3. The summed E-state index contributed by atoms with van der Waals surface area (Å²) in [5.41, 5.74) is 0.548. The maximum Gasteiger partial charge on any atom is 0.261 e. The molecule has 4 rings (SSSR count). The molecule has 6 heteroatoms. The van der Waals surface area contributed by atoms with Crippen molar-refractivity contribution in [3.8, 4) is 5.75 Å². The van der Waals surface area contributed by atoms with E-state index in [2.05, 4.69) is 0 Å². The lowest BCUT2D eigenvalue weighted by Crippen LogP contribution is -2.52. The van der Waals surface area contributed by atoms with Crippen molar-refractivity contribution in [3.63, 3.8) is 0 Å². The topological polar surface area (TPSA) is 66.9 Å². The molecule has 2 aromatic rings. The molecule has 1 aliphatic carbocycles. The Morgan fingerprint density at radius 2 is 1.57 bits per heavy atom. The van der Waals surface area contributed by atoms with Gasteiger partial charge in [0, 0.05) is 6.04 Å². The van der Waals surface area contributed by atoms with E-state index in [9.17, 15) is 14.4 Å². The van der Waals surface area contributed by atoms with Crippen LogP contribution in [0.1, 0.15) is 38.5 Å². The number of imide groups is 1. The first-order valence-corrected chi connectivity index (χ1v) is 10.6. The van der Waals surface area contributed by atoms with Crippen LogP contribution in [0.3, 0.4) is 0 Å². The number of benzene rings is 2. The second-order valence-corrected chi connectivity index (χ2v) is 7.82. The van der Waals surface area contributed by atoms with Crippen LogP contribution in [0.2, 0.25) is 0 Å². The Kier molecular flexibility index (Phi) is 6.12. The van der Waals surface area contributed by atoms with Gasteiger partial charge in [-0.05, 0) is 37.1 Å². The number of anilines is 1. The lowest BCUT2D eigenvalue weighted by Gasteiger charge is -2.37. The van der Waals surface area contributed by atoms with Gasteiger partial charge < -0.3 is 9.64 Å². The lowest BCUT2D eigenvalue weighted by atomic mass is 9.92. The molecule has 156 valence electrons. The van der Waals surface area contributed by atoms with Crippen molar-refractivity contribution in [2.24, 2.45) is 0 Å². The quantitative estimate of drug-likeness (QED) is 0.688. The number of amides is 3. The van der Waals surface area contributed by atoms with E-state index >= 15 is 0 Å². The molecule has 1 saturated heterocycles. The van der Waals surface area contributed by atoms with Crippen LogP contribution in [0.15, 0.2) is 60.7 Å². The zero-order valence-corrected chi connectivity index (χ0v) is 16.9. The zero-order chi connectivity index (χ0) is 20.9. The van der Waals surface area contributed by atoms with Crippen LogP contribution in [0.25, 0.3) is 0 Å². The molecule has 2 aliphatic rings. The third-order valence-electron chi connectivity index (χ3n) is 5.83. The van der Waals surface area contributed by atoms with Gasteiger partial charge in [0.1, 0.15) is 11.8 Å². The fourth-order valence-corrected chi connectivity index (χ4v) is 4.41. The first-order chi connectivity index (χ1) is 14.6. The number of para-hydroxylation sites is 2. The highest BCUT2D eigenvalue weighted by Crippen LogP contribution is 2.31. The van der Waals surface area contributed by atoms with Gasteiger partial charge >= 0.3 is 0 Å². The molecule has 0 radical (unpaired) electrons. The van der Waals surface area contributed by atoms with Gasteiger partial charge in [0.2, 0.25) is 5.91 Å². The Morgan fingerprint density at radius 3 is 2.23 bits per heavy atom. The van der Waals surface area contributed by atoms with Crippen LogP contribution >= 0.6 is 0 Å². The minimum absolute atomic E-state index is 0.0152. The van der Waals surface area contributed by atoms with E-state index < -0.39 is 6.04 Å². The minimum atomic E-state index is -0.771. The van der Waals surface area contributed by atoms with Crippen molar-refractivity contribution >= 4 is 23.4 Å². The average molecular weight is 406 g/mol. The Labute approximate surface area is 176 Å². The summed E-state index contributed by atoms with van der Waals surface area (Å²) in [6, 6.07) is 17.2. The summed E-state index contributed by atoms with van der Waals surface area (Å²) in [5, 5.41) is 0. The highest BCUT2D eigenvalue weighted by molar-refractivity contribution is 6.23. The van der Waals surface area contributed by atoms with Crippen molar-refractivity contribution in [1.29, 1.82) is 0 Å². The summed E-state index contributed by atoms with van der Waals surface area (Å²) in [7, 11) is 0. The van der Waals surface area contributed by atoms with Gasteiger partial charge in [-0.25, -0.2) is 4.90 Å². The van der Waals surface area contributed by atoms with E-state index in [-0.39, 0.29) is 36.8 Å². The standard InChI is InChI=1S/C24H26N2O4/c27-22-16-21(24(29)26(22)19-12-6-2-7-13-19)25(18-10-4-1-5-11-18)23(28)17-30-20-14-8-3-9-15-20/h2-3,6-9,12-15,18,21H,1,4-5,10-11,16-17H2. The van der Waals surface area contributed by atoms with Crippen LogP contribution in [0, 0.1) is 0 Å². The summed E-state index contributed by atoms with van der Waals surface area (Å²) >= 11 is 0. The SMILES string of the molecule is O=C1CC(N(C(=O)COc2ccccc2)C2CCCCC2)C(=O)N1c1ccccc1. The number of nitrogens with zero attached hydrogens (tertiary/aromatic N) is 2. The third kappa shape index (κ3) is 4.22. The summed E-state index contributed by atoms with van der Waals surface area (Å²) in [4.78, 5) is 42.0. The number of hydrogen-bond acceptors (Lipinski definition) is 4. The van der Waals surface area contributed by atoms with E-state index in [0.29, 0.717) is 11.4 Å². The molecule has 0 aromatic heterocycles. The van der Waals surface area contributed by atoms with Crippen LogP contribution in [-0.4, -0.2) is 41.3 Å². The molecule has 3 amide bonds. The molecule has 1 atom stereocenters. The second kappa shape index (κ2) is 9.11. The summed E-state index contributed by atoms with van der Waals surface area (Å²) in [6.07, 6.45) is 4.88. The van der Waals surface area contributed by atoms with E-state index in [0.717, 1.165) is 32.1 Å². The van der Waals surface area contributed by atoms with E-state index in [4.69, 9.17) is 4.74 Å². The van der Waals surface area contributed by atoms with Gasteiger partial charge in [0.25, 0.3) is 11.8 Å². The van der Waals surface area contributed by atoms with Crippen molar-refractivity contribution in [2.75, 3.05) is 11.5 Å². The number of rotatable bonds is 6. The van der Waals surface area contributed by atoms with Crippen molar-refractivity contribution in [2.45, 2.75) is 50.6 Å². The molecule has 30 heavy (non-hydrogen) atoms. The molecule has 1 heterocycles.